The highest BCUT2D eigenvalue weighted by molar-refractivity contribution is 6.74. The lowest BCUT2D eigenvalue weighted by atomic mass is 10.1. The average molecular weight is 397 g/mol. The molecule has 0 N–H and O–H groups in total. The summed E-state index contributed by atoms with van der Waals surface area (Å²) in [5.41, 5.74) is 0.0717. The Kier molecular flexibility index (Phi) is 6.07. The molecule has 2 heterocycles. The monoisotopic (exact) mass is 396 g/mol. The third-order valence-corrected chi connectivity index (χ3v) is 9.80. The van der Waals surface area contributed by atoms with Crippen LogP contribution < -0.4 is 0 Å². The number of rotatable bonds is 3. The Bertz CT molecular complexity index is 683. The molecule has 0 spiro atoms. The van der Waals surface area contributed by atoms with Crippen LogP contribution in [0.2, 0.25) is 18.1 Å². The first-order chi connectivity index (χ1) is 12.2. The molecule has 0 saturated carbocycles. The minimum absolute atomic E-state index is 0.0717. The van der Waals surface area contributed by atoms with E-state index in [0.29, 0.717) is 18.5 Å². The molecular formula is C20H33FN2O3Si. The summed E-state index contributed by atoms with van der Waals surface area (Å²) in [7, 11) is -1.99. The van der Waals surface area contributed by atoms with Crippen LogP contribution in [0.4, 0.5) is 9.18 Å². The van der Waals surface area contributed by atoms with Crippen LogP contribution in [0.1, 0.15) is 59.6 Å². The Balaban J connectivity index is 2.27. The van der Waals surface area contributed by atoms with E-state index in [9.17, 15) is 9.18 Å². The van der Waals surface area contributed by atoms with E-state index in [1.807, 2.05) is 20.8 Å². The van der Waals surface area contributed by atoms with Crippen LogP contribution in [0.25, 0.3) is 0 Å². The summed E-state index contributed by atoms with van der Waals surface area (Å²) < 4.78 is 25.8. The van der Waals surface area contributed by atoms with Crippen LogP contribution >= 0.6 is 0 Å². The molecule has 1 aromatic heterocycles. The van der Waals surface area contributed by atoms with Crippen molar-refractivity contribution in [2.24, 2.45) is 0 Å². The maximum Gasteiger partial charge on any atom is 0.410 e. The third-order valence-electron chi connectivity index (χ3n) is 5.27. The van der Waals surface area contributed by atoms with Gasteiger partial charge >= 0.3 is 6.09 Å². The summed E-state index contributed by atoms with van der Waals surface area (Å²) in [6, 6.07) is 1.13. The fourth-order valence-electron chi connectivity index (χ4n) is 2.93. The second-order valence-electron chi connectivity index (χ2n) is 9.82. The lowest BCUT2D eigenvalue weighted by molar-refractivity contribution is 0.0208. The van der Waals surface area contributed by atoms with Crippen molar-refractivity contribution in [1.29, 1.82) is 0 Å². The van der Waals surface area contributed by atoms with Gasteiger partial charge in [-0.2, -0.15) is 0 Å². The molecule has 0 radical (unpaired) electrons. The van der Waals surface area contributed by atoms with E-state index in [2.05, 4.69) is 38.8 Å². The fourth-order valence-corrected chi connectivity index (χ4v) is 4.28. The van der Waals surface area contributed by atoms with Crippen molar-refractivity contribution in [1.82, 2.24) is 9.88 Å². The van der Waals surface area contributed by atoms with Gasteiger partial charge in [0.05, 0.1) is 18.3 Å². The molecule has 2 atom stereocenters. The minimum atomic E-state index is -1.99. The molecule has 1 aromatic rings. The molecule has 152 valence electrons. The molecule has 0 aromatic carbocycles. The molecule has 1 fully saturated rings. The predicted molar refractivity (Wildman–Crippen MR) is 107 cm³/mol. The number of carbonyl (C=O) groups excluding carboxylic acids is 1. The van der Waals surface area contributed by atoms with E-state index < -0.39 is 25.8 Å². The second kappa shape index (κ2) is 7.51. The Morgan fingerprint density at radius 1 is 1.22 bits per heavy atom. The first-order valence-corrected chi connectivity index (χ1v) is 12.4. The van der Waals surface area contributed by atoms with Crippen molar-refractivity contribution in [3.63, 3.8) is 0 Å². The zero-order valence-electron chi connectivity index (χ0n) is 17.8. The Morgan fingerprint density at radius 3 is 2.37 bits per heavy atom. The van der Waals surface area contributed by atoms with Crippen LogP contribution in [0, 0.1) is 5.82 Å². The van der Waals surface area contributed by atoms with Gasteiger partial charge in [0.1, 0.15) is 11.4 Å². The molecule has 1 aliphatic heterocycles. The van der Waals surface area contributed by atoms with Gasteiger partial charge in [0.15, 0.2) is 8.32 Å². The van der Waals surface area contributed by atoms with E-state index in [4.69, 9.17) is 9.16 Å². The first kappa shape index (κ1) is 21.8. The molecule has 1 aliphatic rings. The Hall–Kier alpha value is -1.47. The number of ether oxygens (including phenoxy) is 1. The molecule has 2 rings (SSSR count). The summed E-state index contributed by atoms with van der Waals surface area (Å²) in [5, 5.41) is 0.0717. The van der Waals surface area contributed by atoms with Crippen LogP contribution in [0.5, 0.6) is 0 Å². The highest BCUT2D eigenvalue weighted by atomic mass is 28.4. The van der Waals surface area contributed by atoms with Crippen molar-refractivity contribution in [2.45, 2.75) is 83.8 Å². The number of likely N-dealkylation sites (tertiary alicyclic amines) is 1. The molecule has 7 heteroatoms. The number of carbonyl (C=O) groups is 1. The average Bonchev–Trinajstić information content (AvgIpc) is 2.87. The van der Waals surface area contributed by atoms with Crippen molar-refractivity contribution in [3.05, 3.63) is 29.8 Å². The highest BCUT2D eigenvalue weighted by Crippen LogP contribution is 2.41. The number of pyridine rings is 1. The van der Waals surface area contributed by atoms with E-state index in [-0.39, 0.29) is 17.2 Å². The predicted octanol–water partition coefficient (Wildman–Crippen LogP) is 5.29. The topological polar surface area (TPSA) is 51.7 Å². The Labute approximate surface area is 163 Å². The van der Waals surface area contributed by atoms with Crippen molar-refractivity contribution >= 4 is 14.4 Å². The van der Waals surface area contributed by atoms with Gasteiger partial charge in [-0.05, 0) is 57.0 Å². The number of aromatic nitrogens is 1. The van der Waals surface area contributed by atoms with Gasteiger partial charge in [-0.1, -0.05) is 20.8 Å². The SMILES string of the molecule is CC(C)(C)OC(=O)N1C[C@H](O[Si](C)(C)C(C)(C)C)CC1c1cncc(F)c1. The standard InChI is InChI=1S/C20H33FN2O3Si/c1-19(2,3)25-18(24)23-13-16(26-27(7,8)20(4,5)6)10-17(23)14-9-15(21)12-22-11-14/h9,11-12,16-17H,10,13H2,1-8H3/t16-,17?/m1/s1. The van der Waals surface area contributed by atoms with Crippen LogP contribution in [0.15, 0.2) is 18.5 Å². The van der Waals surface area contributed by atoms with Gasteiger partial charge in [-0.3, -0.25) is 9.88 Å². The number of nitrogens with zero attached hydrogens (tertiary/aromatic N) is 2. The summed E-state index contributed by atoms with van der Waals surface area (Å²) in [5.74, 6) is -0.412. The number of hydrogen-bond acceptors (Lipinski definition) is 4. The summed E-state index contributed by atoms with van der Waals surface area (Å²) >= 11 is 0. The minimum Gasteiger partial charge on any atom is -0.444 e. The lowest BCUT2D eigenvalue weighted by Crippen LogP contribution is -2.45. The van der Waals surface area contributed by atoms with Crippen molar-refractivity contribution in [3.8, 4) is 0 Å². The van der Waals surface area contributed by atoms with Gasteiger partial charge in [0.25, 0.3) is 0 Å². The zero-order valence-corrected chi connectivity index (χ0v) is 18.8. The van der Waals surface area contributed by atoms with E-state index >= 15 is 0 Å². The number of halogens is 1. The fraction of sp³-hybridized carbons (Fsp3) is 0.700. The number of amides is 1. The van der Waals surface area contributed by atoms with Crippen molar-refractivity contribution in [2.75, 3.05) is 6.54 Å². The largest absolute Gasteiger partial charge is 0.444 e. The molecule has 1 unspecified atom stereocenters. The van der Waals surface area contributed by atoms with E-state index in [1.165, 1.54) is 12.3 Å². The van der Waals surface area contributed by atoms with Crippen LogP contribution in [-0.2, 0) is 9.16 Å². The molecule has 27 heavy (non-hydrogen) atoms. The molecular weight excluding hydrogens is 363 g/mol. The summed E-state index contributed by atoms with van der Waals surface area (Å²) in [6.45, 7) is 16.9. The molecule has 0 aliphatic carbocycles. The molecule has 1 amide bonds. The third kappa shape index (κ3) is 5.51. The quantitative estimate of drug-likeness (QED) is 0.651. The van der Waals surface area contributed by atoms with Gasteiger partial charge in [0, 0.05) is 12.7 Å². The summed E-state index contributed by atoms with van der Waals surface area (Å²) in [4.78, 5) is 18.4. The van der Waals surface area contributed by atoms with Gasteiger partial charge in [-0.25, -0.2) is 9.18 Å². The van der Waals surface area contributed by atoms with E-state index in [0.717, 1.165) is 0 Å². The lowest BCUT2D eigenvalue weighted by Gasteiger charge is -2.38. The molecule has 1 saturated heterocycles. The highest BCUT2D eigenvalue weighted by Gasteiger charge is 2.45. The maximum absolute atomic E-state index is 13.7. The smallest absolute Gasteiger partial charge is 0.410 e. The molecule has 0 bridgehead atoms. The summed E-state index contributed by atoms with van der Waals surface area (Å²) in [6.07, 6.45) is 2.88. The number of hydrogen-bond donors (Lipinski definition) is 0. The van der Waals surface area contributed by atoms with Gasteiger partial charge in [-0.15, -0.1) is 0 Å². The normalized spacial score (nSPS) is 21.4. The van der Waals surface area contributed by atoms with Gasteiger partial charge < -0.3 is 9.16 Å². The van der Waals surface area contributed by atoms with Crippen LogP contribution in [-0.4, -0.2) is 42.5 Å². The second-order valence-corrected chi connectivity index (χ2v) is 14.6. The zero-order chi connectivity index (χ0) is 20.6. The van der Waals surface area contributed by atoms with E-state index in [1.54, 1.807) is 11.1 Å². The molecule has 5 nitrogen and oxygen atoms in total. The first-order valence-electron chi connectivity index (χ1n) is 9.47. The Morgan fingerprint density at radius 2 is 1.85 bits per heavy atom. The maximum atomic E-state index is 13.7. The van der Waals surface area contributed by atoms with Crippen LogP contribution in [0.3, 0.4) is 0 Å². The van der Waals surface area contributed by atoms with Gasteiger partial charge in [0.2, 0.25) is 0 Å². The van der Waals surface area contributed by atoms with Crippen molar-refractivity contribution < 1.29 is 18.3 Å².